The second-order valence-corrected chi connectivity index (χ2v) is 7.94. The lowest BCUT2D eigenvalue weighted by molar-refractivity contribution is -0.125. The Balaban J connectivity index is 2.39. The maximum atomic E-state index is 13.0. The van der Waals surface area contributed by atoms with Crippen LogP contribution in [0.15, 0.2) is 12.1 Å². The van der Waals surface area contributed by atoms with Gasteiger partial charge in [0.1, 0.15) is 0 Å². The SMILES string of the molecule is CCNC(=S)N1CC(C(=O)NCC(C)C)C(c2cc(OC)c(OC)c(OC)c2)C1. The largest absolute Gasteiger partial charge is 0.493 e. The molecule has 162 valence electrons. The summed E-state index contributed by atoms with van der Waals surface area (Å²) in [6, 6.07) is 3.85. The number of carbonyl (C=O) groups excluding carboxylic acids is 1. The first-order valence-corrected chi connectivity index (χ1v) is 10.4. The van der Waals surface area contributed by atoms with Gasteiger partial charge in [0.2, 0.25) is 11.7 Å². The van der Waals surface area contributed by atoms with E-state index >= 15 is 0 Å². The Morgan fingerprint density at radius 2 is 1.76 bits per heavy atom. The fraction of sp³-hybridized carbons (Fsp3) is 0.619. The molecule has 2 unspecified atom stereocenters. The summed E-state index contributed by atoms with van der Waals surface area (Å²) in [5.74, 6) is 1.85. The number of likely N-dealkylation sites (tertiary alicyclic amines) is 1. The molecule has 0 spiro atoms. The molecule has 0 bridgehead atoms. The summed E-state index contributed by atoms with van der Waals surface area (Å²) in [4.78, 5) is 15.1. The summed E-state index contributed by atoms with van der Waals surface area (Å²) < 4.78 is 16.5. The fourth-order valence-corrected chi connectivity index (χ4v) is 3.88. The van der Waals surface area contributed by atoms with Crippen molar-refractivity contribution in [2.45, 2.75) is 26.7 Å². The number of hydrogen-bond acceptors (Lipinski definition) is 5. The average molecular weight is 424 g/mol. The van der Waals surface area contributed by atoms with E-state index in [-0.39, 0.29) is 17.7 Å². The molecular formula is C21H33N3O4S. The highest BCUT2D eigenvalue weighted by Gasteiger charge is 2.40. The first-order valence-electron chi connectivity index (χ1n) is 9.96. The molecule has 1 amide bonds. The molecule has 29 heavy (non-hydrogen) atoms. The lowest BCUT2D eigenvalue weighted by Gasteiger charge is -2.21. The molecule has 2 N–H and O–H groups in total. The molecule has 0 radical (unpaired) electrons. The van der Waals surface area contributed by atoms with Gasteiger partial charge in [-0.15, -0.1) is 0 Å². The Bertz CT molecular complexity index is 701. The van der Waals surface area contributed by atoms with Gasteiger partial charge in [0.05, 0.1) is 27.2 Å². The summed E-state index contributed by atoms with van der Waals surface area (Å²) in [6.07, 6.45) is 0. The van der Waals surface area contributed by atoms with Crippen LogP contribution in [-0.4, -0.2) is 63.4 Å². The van der Waals surface area contributed by atoms with Gasteiger partial charge < -0.3 is 29.7 Å². The minimum Gasteiger partial charge on any atom is -0.493 e. The summed E-state index contributed by atoms with van der Waals surface area (Å²) in [7, 11) is 4.76. The average Bonchev–Trinajstić information content (AvgIpc) is 3.16. The minimum atomic E-state index is -0.229. The van der Waals surface area contributed by atoms with Crippen molar-refractivity contribution in [2.24, 2.45) is 11.8 Å². The van der Waals surface area contributed by atoms with Crippen LogP contribution in [0, 0.1) is 11.8 Å². The molecule has 1 aliphatic rings. The van der Waals surface area contributed by atoms with Crippen molar-refractivity contribution < 1.29 is 19.0 Å². The zero-order chi connectivity index (χ0) is 21.6. The first-order chi connectivity index (χ1) is 13.9. The van der Waals surface area contributed by atoms with Crippen LogP contribution in [0.2, 0.25) is 0 Å². The van der Waals surface area contributed by atoms with Crippen LogP contribution in [0.3, 0.4) is 0 Å². The highest BCUT2D eigenvalue weighted by Crippen LogP contribution is 2.43. The Morgan fingerprint density at radius 1 is 1.14 bits per heavy atom. The van der Waals surface area contributed by atoms with E-state index in [1.165, 1.54) is 0 Å². The van der Waals surface area contributed by atoms with Crippen LogP contribution in [0.5, 0.6) is 17.2 Å². The van der Waals surface area contributed by atoms with Gasteiger partial charge in [-0.2, -0.15) is 0 Å². The second kappa shape index (κ2) is 10.5. The lowest BCUT2D eigenvalue weighted by Crippen LogP contribution is -2.40. The number of carbonyl (C=O) groups is 1. The quantitative estimate of drug-likeness (QED) is 0.622. The van der Waals surface area contributed by atoms with Gasteiger partial charge >= 0.3 is 0 Å². The van der Waals surface area contributed by atoms with Crippen LogP contribution in [0.4, 0.5) is 0 Å². The first kappa shape index (κ1) is 23.1. The van der Waals surface area contributed by atoms with Crippen LogP contribution in [0.1, 0.15) is 32.3 Å². The predicted molar refractivity (Wildman–Crippen MR) is 118 cm³/mol. The summed E-state index contributed by atoms with van der Waals surface area (Å²) in [6.45, 7) is 8.77. The van der Waals surface area contributed by atoms with E-state index in [4.69, 9.17) is 26.4 Å². The van der Waals surface area contributed by atoms with E-state index in [0.717, 1.165) is 12.1 Å². The highest BCUT2D eigenvalue weighted by atomic mass is 32.1. The standard InChI is InChI=1S/C21H33N3O4S/c1-7-22-21(29)24-11-15(16(12-24)20(25)23-10-13(2)3)14-8-17(26-4)19(28-6)18(9-14)27-5/h8-9,13,15-16H,7,10-12H2,1-6H3,(H,22,29)(H,23,25). The molecule has 1 fully saturated rings. The molecule has 1 aromatic carbocycles. The van der Waals surface area contributed by atoms with Crippen molar-refractivity contribution in [3.63, 3.8) is 0 Å². The number of amides is 1. The normalized spacial score (nSPS) is 18.5. The third-order valence-electron chi connectivity index (χ3n) is 5.07. The zero-order valence-corrected chi connectivity index (χ0v) is 19.0. The van der Waals surface area contributed by atoms with E-state index in [1.807, 2.05) is 19.1 Å². The van der Waals surface area contributed by atoms with Crippen LogP contribution < -0.4 is 24.8 Å². The number of nitrogens with zero attached hydrogens (tertiary/aromatic N) is 1. The van der Waals surface area contributed by atoms with Crippen molar-refractivity contribution in [1.29, 1.82) is 0 Å². The van der Waals surface area contributed by atoms with Crippen molar-refractivity contribution in [2.75, 3.05) is 47.5 Å². The number of nitrogens with one attached hydrogen (secondary N) is 2. The minimum absolute atomic E-state index is 0.0410. The lowest BCUT2D eigenvalue weighted by atomic mass is 9.87. The Hall–Kier alpha value is -2.22. The summed E-state index contributed by atoms with van der Waals surface area (Å²) in [5, 5.41) is 6.94. The van der Waals surface area contributed by atoms with Gasteiger partial charge in [0.25, 0.3) is 0 Å². The van der Waals surface area contributed by atoms with Crippen molar-refractivity contribution in [3.8, 4) is 17.2 Å². The smallest absolute Gasteiger partial charge is 0.225 e. The molecule has 8 heteroatoms. The third kappa shape index (κ3) is 5.44. The van der Waals surface area contributed by atoms with Gasteiger partial charge in [-0.3, -0.25) is 4.79 Å². The summed E-state index contributed by atoms with van der Waals surface area (Å²) >= 11 is 5.51. The molecule has 0 aromatic heterocycles. The van der Waals surface area contributed by atoms with E-state index < -0.39 is 0 Å². The molecule has 1 aromatic rings. The highest BCUT2D eigenvalue weighted by molar-refractivity contribution is 7.80. The maximum absolute atomic E-state index is 13.0. The van der Waals surface area contributed by atoms with E-state index in [9.17, 15) is 4.79 Å². The number of hydrogen-bond donors (Lipinski definition) is 2. The van der Waals surface area contributed by atoms with Crippen molar-refractivity contribution in [3.05, 3.63) is 17.7 Å². The van der Waals surface area contributed by atoms with Crippen molar-refractivity contribution >= 4 is 23.2 Å². The number of ether oxygens (including phenoxy) is 3. The molecule has 1 heterocycles. The number of benzene rings is 1. The fourth-order valence-electron chi connectivity index (χ4n) is 3.59. The van der Waals surface area contributed by atoms with Crippen molar-refractivity contribution in [1.82, 2.24) is 15.5 Å². The molecular weight excluding hydrogens is 390 g/mol. The monoisotopic (exact) mass is 423 g/mol. The Labute approximate surface area is 179 Å². The topological polar surface area (TPSA) is 72.1 Å². The maximum Gasteiger partial charge on any atom is 0.225 e. The second-order valence-electron chi connectivity index (χ2n) is 7.55. The van der Waals surface area contributed by atoms with Gasteiger partial charge in [-0.25, -0.2) is 0 Å². The van der Waals surface area contributed by atoms with Crippen LogP contribution >= 0.6 is 12.2 Å². The molecule has 2 atom stereocenters. The number of thiocarbonyl (C=S) groups is 1. The molecule has 2 rings (SSSR count). The zero-order valence-electron chi connectivity index (χ0n) is 18.2. The third-order valence-corrected chi connectivity index (χ3v) is 5.47. The molecule has 1 aliphatic heterocycles. The van der Waals surface area contributed by atoms with Gasteiger partial charge in [0, 0.05) is 32.1 Å². The van der Waals surface area contributed by atoms with E-state index in [0.29, 0.717) is 47.9 Å². The van der Waals surface area contributed by atoms with Gasteiger partial charge in [-0.05, 0) is 42.8 Å². The molecule has 0 saturated carbocycles. The van der Waals surface area contributed by atoms with E-state index in [2.05, 4.69) is 29.4 Å². The molecule has 0 aliphatic carbocycles. The Morgan fingerprint density at radius 3 is 2.24 bits per heavy atom. The molecule has 1 saturated heterocycles. The number of methoxy groups -OCH3 is 3. The van der Waals surface area contributed by atoms with E-state index in [1.54, 1.807) is 21.3 Å². The van der Waals surface area contributed by atoms with Gasteiger partial charge in [0.15, 0.2) is 16.6 Å². The number of rotatable bonds is 8. The summed E-state index contributed by atoms with van der Waals surface area (Å²) in [5.41, 5.74) is 0.964. The Kier molecular flexibility index (Phi) is 8.37. The molecule has 7 nitrogen and oxygen atoms in total. The van der Waals surface area contributed by atoms with Crippen LogP contribution in [-0.2, 0) is 4.79 Å². The van der Waals surface area contributed by atoms with Crippen LogP contribution in [0.25, 0.3) is 0 Å². The predicted octanol–water partition coefficient (Wildman–Crippen LogP) is 2.39. The van der Waals surface area contributed by atoms with Gasteiger partial charge in [-0.1, -0.05) is 13.8 Å².